The molecule has 0 spiro atoms. The van der Waals surface area contributed by atoms with Gasteiger partial charge in [0.25, 0.3) is 0 Å². The summed E-state index contributed by atoms with van der Waals surface area (Å²) in [5, 5.41) is 60.1. The molecule has 18 heteroatoms. The van der Waals surface area contributed by atoms with Gasteiger partial charge in [-0.1, -0.05) is 0 Å². The lowest BCUT2D eigenvalue weighted by molar-refractivity contribution is -0.542. The Bertz CT molecular complexity index is 973. The van der Waals surface area contributed by atoms with E-state index >= 15 is 0 Å². The zero-order valence-corrected chi connectivity index (χ0v) is 14.2. The van der Waals surface area contributed by atoms with Gasteiger partial charge in [0.15, 0.2) is 11.5 Å². The first-order valence-electron chi connectivity index (χ1n) is 7.19. The number of nitrogens with zero attached hydrogens (tertiary/aromatic N) is 8. The fourth-order valence-corrected chi connectivity index (χ4v) is 2.22. The number of hydrogen-bond donors (Lipinski definition) is 2. The van der Waals surface area contributed by atoms with Crippen LogP contribution in [0.25, 0.3) is 11.1 Å². The van der Waals surface area contributed by atoms with Crippen LogP contribution in [0.5, 0.6) is 0 Å². The Labute approximate surface area is 162 Å². The van der Waals surface area contributed by atoms with Crippen molar-refractivity contribution in [3.63, 3.8) is 0 Å². The summed E-state index contributed by atoms with van der Waals surface area (Å²) in [6.07, 6.45) is 3.56. The van der Waals surface area contributed by atoms with Gasteiger partial charge in [-0.05, 0) is 12.2 Å². The summed E-state index contributed by atoms with van der Waals surface area (Å²) in [7, 11) is 0. The summed E-state index contributed by atoms with van der Waals surface area (Å²) in [6, 6.07) is -3.93. The van der Waals surface area contributed by atoms with Crippen LogP contribution in [-0.4, -0.2) is 63.0 Å². The predicted molar refractivity (Wildman–Crippen MR) is 90.4 cm³/mol. The maximum Gasteiger partial charge on any atom is 0.402 e. The molecule has 2 aliphatic carbocycles. The van der Waals surface area contributed by atoms with Crippen LogP contribution in [0, 0.1) is 40.5 Å². The van der Waals surface area contributed by atoms with Crippen LogP contribution < -0.4 is 0 Å². The average molecular weight is 424 g/mol. The van der Waals surface area contributed by atoms with Crippen LogP contribution in [0.1, 0.15) is 0 Å². The Morgan fingerprint density at radius 3 is 1.20 bits per heavy atom. The largest absolute Gasteiger partial charge is 0.502 e. The van der Waals surface area contributed by atoms with Gasteiger partial charge in [0.1, 0.15) is 0 Å². The van der Waals surface area contributed by atoms with Gasteiger partial charge in [-0.15, -0.1) is 0 Å². The molecule has 2 N–H and O–H groups in total. The number of rotatable bonds is 4. The molecule has 0 aliphatic heterocycles. The van der Waals surface area contributed by atoms with Crippen LogP contribution >= 0.6 is 0 Å². The summed E-state index contributed by atoms with van der Waals surface area (Å²) in [5.74, 6) is -1.65. The lowest BCUT2D eigenvalue weighted by Gasteiger charge is -2.05. The van der Waals surface area contributed by atoms with Gasteiger partial charge >= 0.3 is 34.9 Å². The van der Waals surface area contributed by atoms with Crippen molar-refractivity contribution in [1.82, 2.24) is 0 Å². The first-order chi connectivity index (χ1) is 14.0. The molecule has 156 valence electrons. The standard InChI is InChI=1S/2C6H4N4O5/c2*7-8-3-1-2-4(11)6(10(14)15)5(3)9(12)13/h2*1-2,5,11H. The minimum absolute atomic E-state index is 0.510. The second-order valence-electron chi connectivity index (χ2n) is 5.15. The monoisotopic (exact) mass is 424 g/mol. The smallest absolute Gasteiger partial charge is 0.402 e. The van der Waals surface area contributed by atoms with Gasteiger partial charge in [-0.25, -0.2) is 0 Å². The number of aliphatic hydroxyl groups excluding tert-OH is 2. The van der Waals surface area contributed by atoms with Crippen LogP contribution in [0.2, 0.25) is 0 Å². The molecule has 0 aromatic carbocycles. The molecular weight excluding hydrogens is 416 g/mol. The molecule has 0 saturated carbocycles. The van der Waals surface area contributed by atoms with Crippen molar-refractivity contribution in [2.24, 2.45) is 0 Å². The Balaban J connectivity index is 0.000000300. The van der Waals surface area contributed by atoms with Gasteiger partial charge in [-0.2, -0.15) is 9.58 Å². The van der Waals surface area contributed by atoms with Crippen molar-refractivity contribution >= 4 is 11.4 Å². The van der Waals surface area contributed by atoms with Gasteiger partial charge in [0, 0.05) is 22.0 Å². The molecule has 2 aliphatic rings. The SMILES string of the molecule is [N-]=[N+]=C1C=CC(O)=C([N+](=O)[O-])C1[N+](=O)[O-].[N-]=[N+]=C1C=CC(O)=C([N+](=O)[O-])C1[N+](=O)[O-]. The summed E-state index contributed by atoms with van der Waals surface area (Å²) in [6.45, 7) is 0. The highest BCUT2D eigenvalue weighted by Crippen LogP contribution is 2.19. The number of aliphatic hydroxyl groups is 2. The van der Waals surface area contributed by atoms with E-state index in [0.717, 1.165) is 24.3 Å². The van der Waals surface area contributed by atoms with E-state index in [1.165, 1.54) is 0 Å². The Kier molecular flexibility index (Phi) is 7.06. The first kappa shape index (κ1) is 23.0. The fourth-order valence-electron chi connectivity index (χ4n) is 2.22. The highest BCUT2D eigenvalue weighted by molar-refractivity contribution is 5.97. The van der Waals surface area contributed by atoms with E-state index in [9.17, 15) is 40.5 Å². The first-order valence-corrected chi connectivity index (χ1v) is 7.19. The second kappa shape index (κ2) is 9.22. The lowest BCUT2D eigenvalue weighted by atomic mass is 10.0. The zero-order chi connectivity index (χ0) is 23.2. The Hall–Kier alpha value is -5.08. The molecule has 0 radical (unpaired) electrons. The Morgan fingerprint density at radius 1 is 0.700 bits per heavy atom. The molecule has 0 fully saturated rings. The van der Waals surface area contributed by atoms with Gasteiger partial charge < -0.3 is 21.3 Å². The van der Waals surface area contributed by atoms with E-state index in [0.29, 0.717) is 0 Å². The quantitative estimate of drug-likeness (QED) is 0.260. The van der Waals surface area contributed by atoms with E-state index in [1.54, 1.807) is 0 Å². The predicted octanol–water partition coefficient (Wildman–Crippen LogP) is -0.163. The minimum atomic E-state index is -1.96. The number of hydrogen-bond acceptors (Lipinski definition) is 10. The van der Waals surface area contributed by atoms with Gasteiger partial charge in [-0.3, -0.25) is 40.5 Å². The number of nitro groups is 4. The summed E-state index contributed by atoms with van der Waals surface area (Å²) in [5.41, 5.74) is 13.7. The summed E-state index contributed by atoms with van der Waals surface area (Å²) >= 11 is 0. The molecule has 18 nitrogen and oxygen atoms in total. The van der Waals surface area contributed by atoms with Gasteiger partial charge in [0.05, 0.1) is 9.85 Å². The molecule has 30 heavy (non-hydrogen) atoms. The fraction of sp³-hybridized carbons (Fsp3) is 0.167. The molecule has 0 heterocycles. The normalized spacial score (nSPS) is 20.0. The van der Waals surface area contributed by atoms with Crippen molar-refractivity contribution in [3.8, 4) is 0 Å². The minimum Gasteiger partial charge on any atom is -0.502 e. The van der Waals surface area contributed by atoms with Crippen LogP contribution in [0.4, 0.5) is 0 Å². The zero-order valence-electron chi connectivity index (χ0n) is 14.2. The maximum atomic E-state index is 10.5. The van der Waals surface area contributed by atoms with E-state index in [2.05, 4.69) is 9.58 Å². The van der Waals surface area contributed by atoms with Crippen molar-refractivity contribution in [2.75, 3.05) is 0 Å². The molecule has 0 bridgehead atoms. The van der Waals surface area contributed by atoms with Crippen molar-refractivity contribution in [3.05, 3.63) is 98.7 Å². The van der Waals surface area contributed by atoms with Crippen LogP contribution in [0.3, 0.4) is 0 Å². The van der Waals surface area contributed by atoms with E-state index in [4.69, 9.17) is 21.3 Å². The molecule has 2 atom stereocenters. The topological polar surface area (TPSA) is 286 Å². The summed E-state index contributed by atoms with van der Waals surface area (Å²) < 4.78 is 0. The third kappa shape index (κ3) is 4.60. The van der Waals surface area contributed by atoms with E-state index in [1.807, 2.05) is 0 Å². The molecule has 0 aromatic heterocycles. The van der Waals surface area contributed by atoms with E-state index < -0.39 is 66.1 Å². The van der Waals surface area contributed by atoms with Crippen molar-refractivity contribution in [1.29, 1.82) is 0 Å². The van der Waals surface area contributed by atoms with Crippen LogP contribution in [-0.2, 0) is 0 Å². The third-order valence-electron chi connectivity index (χ3n) is 3.47. The average Bonchev–Trinajstić information content (AvgIpc) is 2.67. The molecule has 0 aromatic rings. The van der Waals surface area contributed by atoms with Crippen molar-refractivity contribution in [2.45, 2.75) is 12.1 Å². The van der Waals surface area contributed by atoms with Crippen molar-refractivity contribution < 1.29 is 39.5 Å². The van der Waals surface area contributed by atoms with Crippen LogP contribution in [0.15, 0.2) is 47.2 Å². The number of allylic oxidation sites excluding steroid dienone is 2. The highest BCUT2D eigenvalue weighted by Gasteiger charge is 2.50. The third-order valence-corrected chi connectivity index (χ3v) is 3.47. The summed E-state index contributed by atoms with van der Waals surface area (Å²) in [4.78, 5) is 42.8. The highest BCUT2D eigenvalue weighted by atomic mass is 16.7. The molecule has 0 amide bonds. The second-order valence-corrected chi connectivity index (χ2v) is 5.15. The molecular formula is C12H8N8O10. The van der Waals surface area contributed by atoms with E-state index in [-0.39, 0.29) is 0 Å². The van der Waals surface area contributed by atoms with Gasteiger partial charge in [0.2, 0.25) is 0 Å². The maximum absolute atomic E-state index is 10.5. The molecule has 0 saturated heterocycles. The lowest BCUT2D eigenvalue weighted by Crippen LogP contribution is -2.36. The Morgan fingerprint density at radius 2 is 1.00 bits per heavy atom. The molecule has 2 rings (SSSR count). The molecule has 2 unspecified atom stereocenters.